The number of nitrogens with one attached hydrogen (secondary N) is 1. The molecule has 0 saturated carbocycles. The third kappa shape index (κ3) is 5.03. The number of cyclic esters (lactones) is 1. The van der Waals surface area contributed by atoms with Gasteiger partial charge in [-0.15, -0.1) is 0 Å². The summed E-state index contributed by atoms with van der Waals surface area (Å²) in [6.07, 6.45) is 2.69. The molecule has 1 saturated heterocycles. The van der Waals surface area contributed by atoms with Crippen molar-refractivity contribution < 1.29 is 9.53 Å². The van der Waals surface area contributed by atoms with Gasteiger partial charge in [-0.25, -0.2) is 9.78 Å². The van der Waals surface area contributed by atoms with Crippen LogP contribution >= 0.6 is 0 Å². The Kier molecular flexibility index (Phi) is 7.05. The van der Waals surface area contributed by atoms with E-state index < -0.39 is 6.09 Å². The van der Waals surface area contributed by atoms with Gasteiger partial charge in [0.1, 0.15) is 12.4 Å². The van der Waals surface area contributed by atoms with Crippen LogP contribution in [0.1, 0.15) is 33.3 Å². The number of rotatable bonds is 7. The molecule has 0 aliphatic carbocycles. The third-order valence-corrected chi connectivity index (χ3v) is 5.27. The monoisotopic (exact) mass is 433 g/mol. The first-order valence-corrected chi connectivity index (χ1v) is 10.4. The Bertz CT molecular complexity index is 1070. The quantitative estimate of drug-likeness (QED) is 0.636. The molecule has 1 amide bonds. The molecule has 9 heteroatoms. The van der Waals surface area contributed by atoms with Crippen LogP contribution in [0.4, 0.5) is 22.2 Å². The molecule has 1 unspecified atom stereocenters. The molecule has 1 aromatic heterocycles. The fourth-order valence-corrected chi connectivity index (χ4v) is 3.46. The van der Waals surface area contributed by atoms with Gasteiger partial charge >= 0.3 is 6.09 Å². The smallest absolute Gasteiger partial charge is 0.415 e. The van der Waals surface area contributed by atoms with Crippen molar-refractivity contribution in [2.75, 3.05) is 16.8 Å². The number of nitrogens with two attached hydrogens (primary N) is 1. The molecule has 2 atom stereocenters. The Hall–Kier alpha value is -3.93. The molecule has 9 nitrogen and oxygen atoms in total. The van der Waals surface area contributed by atoms with E-state index >= 15 is 0 Å². The van der Waals surface area contributed by atoms with Gasteiger partial charge in [-0.2, -0.15) is 10.2 Å². The van der Waals surface area contributed by atoms with Gasteiger partial charge < -0.3 is 15.8 Å². The molecule has 1 fully saturated rings. The van der Waals surface area contributed by atoms with Gasteiger partial charge in [0.05, 0.1) is 29.4 Å². The van der Waals surface area contributed by atoms with Crippen LogP contribution in [0.15, 0.2) is 53.3 Å². The summed E-state index contributed by atoms with van der Waals surface area (Å²) in [7, 11) is 0. The highest BCUT2D eigenvalue weighted by Gasteiger charge is 2.37. The summed E-state index contributed by atoms with van der Waals surface area (Å²) in [5, 5.41) is 12.2. The van der Waals surface area contributed by atoms with E-state index in [0.29, 0.717) is 23.9 Å². The molecule has 1 aliphatic rings. The Morgan fingerprint density at radius 3 is 2.69 bits per heavy atom. The van der Waals surface area contributed by atoms with Crippen molar-refractivity contribution in [3.05, 3.63) is 53.9 Å². The van der Waals surface area contributed by atoms with Gasteiger partial charge in [0.15, 0.2) is 0 Å². The van der Waals surface area contributed by atoms with Crippen LogP contribution in [-0.2, 0) is 4.74 Å². The molecular weight excluding hydrogens is 406 g/mol. The standard InChI is InChI=1S/C23H27N7O2/c1-14(2)20-13-32-23(31)30(20)21-9-10-26-22(29-21)28-16(4)19(12-25)15(3)27-18-7-5-17(11-24)6-8-18/h5-10,12,14,16,20H,13,25H2,1-4H3,(H,26,28,29)/t16?,20-/m1/s1. The van der Waals surface area contributed by atoms with Crippen molar-refractivity contribution >= 4 is 29.3 Å². The van der Waals surface area contributed by atoms with Crippen LogP contribution in [0.2, 0.25) is 0 Å². The second-order valence-electron chi connectivity index (χ2n) is 7.84. The fraction of sp³-hybridized carbons (Fsp3) is 0.348. The van der Waals surface area contributed by atoms with Gasteiger partial charge in [0.25, 0.3) is 0 Å². The van der Waals surface area contributed by atoms with Gasteiger partial charge in [0.2, 0.25) is 5.95 Å². The second kappa shape index (κ2) is 9.92. The molecule has 0 radical (unpaired) electrons. The van der Waals surface area contributed by atoms with Gasteiger partial charge in [-0.1, -0.05) is 13.8 Å². The first kappa shape index (κ1) is 22.7. The highest BCUT2D eigenvalue weighted by atomic mass is 16.6. The number of benzene rings is 1. The number of ether oxygens (including phenoxy) is 1. The lowest BCUT2D eigenvalue weighted by molar-refractivity contribution is 0.177. The molecule has 0 bridgehead atoms. The molecular formula is C23H27N7O2. The van der Waals surface area contributed by atoms with Crippen molar-refractivity contribution in [2.24, 2.45) is 16.6 Å². The van der Waals surface area contributed by atoms with Gasteiger partial charge in [-0.05, 0) is 50.1 Å². The normalized spacial score (nSPS) is 17.8. The lowest BCUT2D eigenvalue weighted by Gasteiger charge is -2.24. The third-order valence-electron chi connectivity index (χ3n) is 5.27. The number of aliphatic imine (C=N–C) groups is 1. The molecule has 1 aromatic carbocycles. The molecule has 0 spiro atoms. The molecule has 2 aromatic rings. The number of aromatic nitrogens is 2. The highest BCUT2D eigenvalue weighted by Crippen LogP contribution is 2.26. The average molecular weight is 434 g/mol. The van der Waals surface area contributed by atoms with Gasteiger partial charge in [0, 0.05) is 23.7 Å². The maximum atomic E-state index is 12.2. The lowest BCUT2D eigenvalue weighted by atomic mass is 10.0. The Morgan fingerprint density at radius 1 is 1.34 bits per heavy atom. The molecule has 32 heavy (non-hydrogen) atoms. The first-order valence-electron chi connectivity index (χ1n) is 10.4. The lowest BCUT2D eigenvalue weighted by Crippen LogP contribution is -2.38. The summed E-state index contributed by atoms with van der Waals surface area (Å²) in [5.41, 5.74) is 8.67. The Balaban J connectivity index is 1.77. The van der Waals surface area contributed by atoms with Crippen molar-refractivity contribution in [3.63, 3.8) is 0 Å². The van der Waals surface area contributed by atoms with E-state index in [-0.39, 0.29) is 18.0 Å². The van der Waals surface area contributed by atoms with Crippen molar-refractivity contribution in [2.45, 2.75) is 39.8 Å². The number of hydrogen-bond acceptors (Lipinski definition) is 8. The summed E-state index contributed by atoms with van der Waals surface area (Å²) >= 11 is 0. The maximum absolute atomic E-state index is 12.2. The van der Waals surface area contributed by atoms with Gasteiger partial charge in [-0.3, -0.25) is 9.89 Å². The second-order valence-corrected chi connectivity index (χ2v) is 7.84. The van der Waals surface area contributed by atoms with E-state index in [1.165, 1.54) is 6.20 Å². The largest absolute Gasteiger partial charge is 0.447 e. The van der Waals surface area contributed by atoms with E-state index in [1.807, 2.05) is 27.7 Å². The fourth-order valence-electron chi connectivity index (χ4n) is 3.46. The van der Waals surface area contributed by atoms with E-state index in [1.54, 1.807) is 41.4 Å². The number of carbonyl (C=O) groups excluding carboxylic acids is 1. The zero-order valence-corrected chi connectivity index (χ0v) is 18.6. The maximum Gasteiger partial charge on any atom is 0.415 e. The van der Waals surface area contributed by atoms with Crippen LogP contribution < -0.4 is 16.0 Å². The highest BCUT2D eigenvalue weighted by molar-refractivity contribution is 6.01. The molecule has 2 heterocycles. The van der Waals surface area contributed by atoms with Crippen molar-refractivity contribution in [3.8, 4) is 6.07 Å². The predicted octanol–water partition coefficient (Wildman–Crippen LogP) is 3.77. The zero-order valence-electron chi connectivity index (χ0n) is 18.6. The molecule has 166 valence electrons. The number of nitrogens with zero attached hydrogens (tertiary/aromatic N) is 5. The number of nitriles is 1. The van der Waals surface area contributed by atoms with E-state index in [2.05, 4.69) is 26.3 Å². The SMILES string of the molecule is CC(=Nc1ccc(C#N)cc1)C(=CN)C(C)Nc1nccc(N2C(=O)OC[C@@H]2C(C)C)n1. The molecule has 1 aliphatic heterocycles. The topological polar surface area (TPSA) is 130 Å². The predicted molar refractivity (Wildman–Crippen MR) is 124 cm³/mol. The Morgan fingerprint density at radius 2 is 2.06 bits per heavy atom. The summed E-state index contributed by atoms with van der Waals surface area (Å²) in [6, 6.07) is 10.4. The number of carbonyl (C=O) groups is 1. The zero-order chi connectivity index (χ0) is 23.3. The number of anilines is 2. The number of amides is 1. The minimum Gasteiger partial charge on any atom is -0.447 e. The minimum absolute atomic E-state index is 0.0797. The Labute approximate surface area is 187 Å². The molecule has 3 rings (SSSR count). The summed E-state index contributed by atoms with van der Waals surface area (Å²) in [5.74, 6) is 1.07. The molecule has 3 N–H and O–H groups in total. The van der Waals surface area contributed by atoms with Crippen molar-refractivity contribution in [1.29, 1.82) is 5.26 Å². The first-order chi connectivity index (χ1) is 15.3. The van der Waals surface area contributed by atoms with E-state index in [9.17, 15) is 4.79 Å². The minimum atomic E-state index is -0.408. The summed E-state index contributed by atoms with van der Waals surface area (Å²) in [6.45, 7) is 8.20. The van der Waals surface area contributed by atoms with E-state index in [4.69, 9.17) is 15.7 Å². The van der Waals surface area contributed by atoms with E-state index in [0.717, 1.165) is 17.0 Å². The van der Waals surface area contributed by atoms with Crippen LogP contribution in [0, 0.1) is 17.2 Å². The summed E-state index contributed by atoms with van der Waals surface area (Å²) in [4.78, 5) is 27.2. The van der Waals surface area contributed by atoms with Crippen LogP contribution in [0.3, 0.4) is 0 Å². The average Bonchev–Trinajstić information content (AvgIpc) is 3.16. The number of hydrogen-bond donors (Lipinski definition) is 2. The van der Waals surface area contributed by atoms with Crippen LogP contribution in [0.25, 0.3) is 0 Å². The van der Waals surface area contributed by atoms with Crippen molar-refractivity contribution in [1.82, 2.24) is 9.97 Å². The summed E-state index contributed by atoms with van der Waals surface area (Å²) < 4.78 is 5.22. The van der Waals surface area contributed by atoms with Crippen LogP contribution in [-0.4, -0.2) is 40.5 Å². The van der Waals surface area contributed by atoms with Crippen LogP contribution in [0.5, 0.6) is 0 Å².